The molecule has 0 saturated carbocycles. The normalized spacial score (nSPS) is 13.4. The average molecular weight is 270 g/mol. The second-order valence-corrected chi connectivity index (χ2v) is 4.53. The molecule has 0 fully saturated rings. The van der Waals surface area contributed by atoms with Gasteiger partial charge in [0.1, 0.15) is 5.82 Å². The first kappa shape index (κ1) is 14.2. The number of rotatable bonds is 5. The number of pyridine rings is 1. The Hall–Kier alpha value is -2.25. The molecule has 0 saturated heterocycles. The van der Waals surface area contributed by atoms with Crippen LogP contribution in [0.25, 0.3) is 0 Å². The fourth-order valence-corrected chi connectivity index (χ4v) is 2.37. The van der Waals surface area contributed by atoms with Gasteiger partial charge in [0.25, 0.3) is 0 Å². The van der Waals surface area contributed by atoms with E-state index in [1.54, 1.807) is 42.7 Å². The van der Waals surface area contributed by atoms with Crippen molar-refractivity contribution in [1.29, 1.82) is 5.26 Å². The van der Waals surface area contributed by atoms with Crippen LogP contribution in [0.3, 0.4) is 0 Å². The molecule has 2 rings (SSSR count). The topological polar surface area (TPSA) is 56.9 Å². The summed E-state index contributed by atoms with van der Waals surface area (Å²) in [6.07, 6.45) is 3.56. The molecule has 0 aliphatic heterocycles. The fourth-order valence-electron chi connectivity index (χ4n) is 2.37. The summed E-state index contributed by atoms with van der Waals surface area (Å²) in [6.45, 7) is -0.0998. The minimum atomic E-state index is -0.534. The molecule has 4 heteroatoms. The van der Waals surface area contributed by atoms with Crippen molar-refractivity contribution in [2.45, 2.75) is 18.3 Å². The van der Waals surface area contributed by atoms with Gasteiger partial charge in [-0.25, -0.2) is 4.39 Å². The van der Waals surface area contributed by atoms with Crippen LogP contribution in [-0.4, -0.2) is 16.7 Å². The summed E-state index contributed by atoms with van der Waals surface area (Å²) >= 11 is 0. The van der Waals surface area contributed by atoms with E-state index in [4.69, 9.17) is 0 Å². The summed E-state index contributed by atoms with van der Waals surface area (Å²) in [4.78, 5) is 4.00. The third kappa shape index (κ3) is 3.01. The first-order valence-corrected chi connectivity index (χ1v) is 6.42. The van der Waals surface area contributed by atoms with Gasteiger partial charge >= 0.3 is 0 Å². The molecule has 1 aromatic heterocycles. The highest BCUT2D eigenvalue weighted by Gasteiger charge is 2.26. The highest BCUT2D eigenvalue weighted by molar-refractivity contribution is 5.32. The van der Waals surface area contributed by atoms with E-state index < -0.39 is 11.8 Å². The van der Waals surface area contributed by atoms with Gasteiger partial charge in [-0.2, -0.15) is 5.26 Å². The summed E-state index contributed by atoms with van der Waals surface area (Å²) in [5, 5.41) is 18.7. The maximum atomic E-state index is 14.0. The maximum Gasteiger partial charge on any atom is 0.126 e. The molecule has 2 aromatic rings. The molecule has 0 radical (unpaired) electrons. The Morgan fingerprint density at radius 1 is 1.25 bits per heavy atom. The van der Waals surface area contributed by atoms with E-state index in [1.807, 2.05) is 0 Å². The van der Waals surface area contributed by atoms with Gasteiger partial charge in [0.2, 0.25) is 0 Å². The van der Waals surface area contributed by atoms with Gasteiger partial charge in [-0.1, -0.05) is 24.3 Å². The largest absolute Gasteiger partial charge is 0.396 e. The second kappa shape index (κ2) is 6.78. The Labute approximate surface area is 117 Å². The van der Waals surface area contributed by atoms with Crippen LogP contribution in [0.15, 0.2) is 48.8 Å². The van der Waals surface area contributed by atoms with Gasteiger partial charge in [-0.15, -0.1) is 0 Å². The Bertz CT molecular complexity index is 595. The zero-order valence-electron chi connectivity index (χ0n) is 10.9. The van der Waals surface area contributed by atoms with Crippen molar-refractivity contribution in [3.05, 3.63) is 65.7 Å². The van der Waals surface area contributed by atoms with Crippen LogP contribution in [0, 0.1) is 17.1 Å². The molecule has 0 bridgehead atoms. The summed E-state index contributed by atoms with van der Waals surface area (Å²) in [5.41, 5.74) is 1.19. The number of halogens is 1. The van der Waals surface area contributed by atoms with E-state index in [1.165, 1.54) is 6.07 Å². The zero-order chi connectivity index (χ0) is 14.4. The number of nitriles is 1. The van der Waals surface area contributed by atoms with E-state index in [0.29, 0.717) is 12.0 Å². The Balaban J connectivity index is 2.42. The zero-order valence-corrected chi connectivity index (χ0v) is 10.9. The van der Waals surface area contributed by atoms with Crippen molar-refractivity contribution >= 4 is 0 Å². The van der Waals surface area contributed by atoms with Gasteiger partial charge in [0.05, 0.1) is 12.0 Å². The molecular formula is C16H15FN2O. The minimum absolute atomic E-state index is 0.0998. The lowest BCUT2D eigenvalue weighted by atomic mass is 9.81. The second-order valence-electron chi connectivity index (χ2n) is 4.53. The van der Waals surface area contributed by atoms with Crippen LogP contribution in [0.4, 0.5) is 4.39 Å². The number of hydrogen-bond acceptors (Lipinski definition) is 3. The summed E-state index contributed by atoms with van der Waals surface area (Å²) in [7, 11) is 0. The molecule has 20 heavy (non-hydrogen) atoms. The van der Waals surface area contributed by atoms with Crippen LogP contribution in [0.1, 0.15) is 29.4 Å². The first-order chi connectivity index (χ1) is 9.77. The lowest BCUT2D eigenvalue weighted by Gasteiger charge is -2.22. The molecule has 2 atom stereocenters. The smallest absolute Gasteiger partial charge is 0.126 e. The monoisotopic (exact) mass is 270 g/mol. The molecule has 3 nitrogen and oxygen atoms in total. The summed E-state index contributed by atoms with van der Waals surface area (Å²) < 4.78 is 14.0. The van der Waals surface area contributed by atoms with E-state index in [-0.39, 0.29) is 12.4 Å². The van der Waals surface area contributed by atoms with Gasteiger partial charge in [-0.05, 0) is 29.7 Å². The van der Waals surface area contributed by atoms with Crippen molar-refractivity contribution in [3.63, 3.8) is 0 Å². The molecule has 0 spiro atoms. The van der Waals surface area contributed by atoms with E-state index in [2.05, 4.69) is 11.1 Å². The number of aliphatic hydroxyl groups is 1. The van der Waals surface area contributed by atoms with E-state index in [0.717, 1.165) is 5.56 Å². The predicted molar refractivity (Wildman–Crippen MR) is 73.4 cm³/mol. The summed E-state index contributed by atoms with van der Waals surface area (Å²) in [5.74, 6) is -1.28. The van der Waals surface area contributed by atoms with Crippen molar-refractivity contribution in [3.8, 4) is 6.07 Å². The van der Waals surface area contributed by atoms with Crippen molar-refractivity contribution < 1.29 is 9.50 Å². The van der Waals surface area contributed by atoms with Crippen LogP contribution in [0.5, 0.6) is 0 Å². The van der Waals surface area contributed by atoms with Crippen LogP contribution in [0.2, 0.25) is 0 Å². The van der Waals surface area contributed by atoms with Crippen molar-refractivity contribution in [2.75, 3.05) is 6.61 Å². The lowest BCUT2D eigenvalue weighted by molar-refractivity contribution is 0.270. The molecule has 0 aliphatic rings. The Morgan fingerprint density at radius 2 is 2.05 bits per heavy atom. The Morgan fingerprint density at radius 3 is 2.65 bits per heavy atom. The number of benzene rings is 1. The Kier molecular flexibility index (Phi) is 4.80. The maximum absolute atomic E-state index is 14.0. The molecule has 0 aliphatic carbocycles. The molecule has 1 aromatic carbocycles. The van der Waals surface area contributed by atoms with Crippen LogP contribution in [-0.2, 0) is 0 Å². The van der Waals surface area contributed by atoms with E-state index >= 15 is 0 Å². The third-order valence-corrected chi connectivity index (χ3v) is 3.33. The van der Waals surface area contributed by atoms with Gasteiger partial charge in [0.15, 0.2) is 0 Å². The standard InChI is InChI=1S/C16H15FN2O/c17-16-6-2-1-5-14(16)13(7-9-20)15(10-18)12-4-3-8-19-11-12/h1-6,8,11,13,15,20H,7,9H2/t13-,15+/m0/s1. The number of nitrogens with zero attached hydrogens (tertiary/aromatic N) is 2. The third-order valence-electron chi connectivity index (χ3n) is 3.33. The predicted octanol–water partition coefficient (Wildman–Crippen LogP) is 2.99. The highest BCUT2D eigenvalue weighted by Crippen LogP contribution is 2.35. The molecular weight excluding hydrogens is 255 g/mol. The number of hydrogen-bond donors (Lipinski definition) is 1. The molecule has 102 valence electrons. The van der Waals surface area contributed by atoms with Crippen LogP contribution >= 0.6 is 0 Å². The minimum Gasteiger partial charge on any atom is -0.396 e. The SMILES string of the molecule is N#C[C@H](c1cccnc1)[C@@H](CCO)c1ccccc1F. The van der Waals surface area contributed by atoms with Gasteiger partial charge in [-0.3, -0.25) is 4.98 Å². The van der Waals surface area contributed by atoms with Gasteiger partial charge in [0, 0.05) is 24.9 Å². The number of aromatic nitrogens is 1. The first-order valence-electron chi connectivity index (χ1n) is 6.42. The van der Waals surface area contributed by atoms with Crippen LogP contribution < -0.4 is 0 Å². The lowest BCUT2D eigenvalue weighted by Crippen LogP contribution is -2.13. The molecule has 1 N–H and O–H groups in total. The summed E-state index contributed by atoms with van der Waals surface area (Å²) in [6, 6.07) is 12.1. The fraction of sp³-hybridized carbons (Fsp3) is 0.250. The molecule has 1 heterocycles. The van der Waals surface area contributed by atoms with Gasteiger partial charge < -0.3 is 5.11 Å². The van der Waals surface area contributed by atoms with Crippen molar-refractivity contribution in [1.82, 2.24) is 4.98 Å². The molecule has 0 unspecified atom stereocenters. The highest BCUT2D eigenvalue weighted by atomic mass is 19.1. The number of aliphatic hydroxyl groups excluding tert-OH is 1. The quantitative estimate of drug-likeness (QED) is 0.908. The average Bonchev–Trinajstić information content (AvgIpc) is 2.49. The molecule has 0 amide bonds. The van der Waals surface area contributed by atoms with E-state index in [9.17, 15) is 14.8 Å². The van der Waals surface area contributed by atoms with Crippen molar-refractivity contribution in [2.24, 2.45) is 0 Å².